The Hall–Kier alpha value is -1.84. The molecule has 1 aliphatic rings. The van der Waals surface area contributed by atoms with Crippen LogP contribution in [0.15, 0.2) is 24.3 Å². The summed E-state index contributed by atoms with van der Waals surface area (Å²) in [7, 11) is 0. The zero-order valence-electron chi connectivity index (χ0n) is 16.1. The number of ether oxygens (including phenoxy) is 2. The van der Waals surface area contributed by atoms with Crippen molar-refractivity contribution in [2.45, 2.75) is 19.5 Å². The van der Waals surface area contributed by atoms with Crippen LogP contribution in [0.4, 0.5) is 18.9 Å². The predicted octanol–water partition coefficient (Wildman–Crippen LogP) is 2.61. The van der Waals surface area contributed by atoms with E-state index in [1.807, 2.05) is 31.2 Å². The summed E-state index contributed by atoms with van der Waals surface area (Å²) in [4.78, 5) is 16.6. The number of rotatable bonds is 10. The summed E-state index contributed by atoms with van der Waals surface area (Å²) in [5.74, 6) is 0.553. The monoisotopic (exact) mass is 403 g/mol. The summed E-state index contributed by atoms with van der Waals surface area (Å²) in [5.41, 5.74) is 0.659. The number of para-hydroxylation sites is 2. The second-order valence-corrected chi connectivity index (χ2v) is 6.62. The summed E-state index contributed by atoms with van der Waals surface area (Å²) < 4.78 is 46.1. The number of nitrogens with zero attached hydrogens (tertiary/aromatic N) is 2. The molecule has 0 aliphatic carbocycles. The minimum atomic E-state index is -4.27. The number of anilines is 1. The zero-order chi connectivity index (χ0) is 20.4. The van der Waals surface area contributed by atoms with Crippen LogP contribution < -0.4 is 10.1 Å². The molecule has 2 rings (SSSR count). The van der Waals surface area contributed by atoms with Crippen molar-refractivity contribution < 1.29 is 27.4 Å². The fourth-order valence-corrected chi connectivity index (χ4v) is 2.99. The SMILES string of the molecule is CCOc1ccccc1NC(=O)CN1CCN(CCCOCC(F)(F)F)CC1. The molecule has 1 N–H and O–H groups in total. The fraction of sp³-hybridized carbons (Fsp3) is 0.632. The molecule has 1 fully saturated rings. The van der Waals surface area contributed by atoms with E-state index in [1.54, 1.807) is 0 Å². The van der Waals surface area contributed by atoms with Gasteiger partial charge in [-0.25, -0.2) is 0 Å². The predicted molar refractivity (Wildman–Crippen MR) is 101 cm³/mol. The largest absolute Gasteiger partial charge is 0.492 e. The van der Waals surface area contributed by atoms with E-state index in [0.29, 0.717) is 37.6 Å². The Morgan fingerprint density at radius 2 is 1.82 bits per heavy atom. The first-order chi connectivity index (χ1) is 13.4. The minimum absolute atomic E-state index is 0.0962. The number of hydrogen-bond donors (Lipinski definition) is 1. The van der Waals surface area contributed by atoms with E-state index in [-0.39, 0.29) is 12.5 Å². The van der Waals surface area contributed by atoms with E-state index in [0.717, 1.165) is 26.2 Å². The second-order valence-electron chi connectivity index (χ2n) is 6.62. The van der Waals surface area contributed by atoms with Crippen molar-refractivity contribution in [2.24, 2.45) is 0 Å². The second kappa shape index (κ2) is 11.2. The van der Waals surface area contributed by atoms with Crippen molar-refractivity contribution in [3.63, 3.8) is 0 Å². The Kier molecular flexibility index (Phi) is 9.01. The van der Waals surface area contributed by atoms with Crippen LogP contribution in [0.5, 0.6) is 5.75 Å². The van der Waals surface area contributed by atoms with Crippen LogP contribution in [0.25, 0.3) is 0 Å². The van der Waals surface area contributed by atoms with Gasteiger partial charge in [-0.05, 0) is 25.5 Å². The molecule has 1 aromatic rings. The average molecular weight is 403 g/mol. The van der Waals surface area contributed by atoms with Gasteiger partial charge >= 0.3 is 6.18 Å². The molecule has 158 valence electrons. The molecule has 0 saturated carbocycles. The van der Waals surface area contributed by atoms with Crippen LogP contribution in [0.3, 0.4) is 0 Å². The van der Waals surface area contributed by atoms with Gasteiger partial charge in [-0.15, -0.1) is 0 Å². The molecule has 0 aromatic heterocycles. The van der Waals surface area contributed by atoms with Gasteiger partial charge in [0.25, 0.3) is 0 Å². The number of nitrogens with one attached hydrogen (secondary N) is 1. The summed E-state index contributed by atoms with van der Waals surface area (Å²) in [5, 5.41) is 2.89. The van der Waals surface area contributed by atoms with Crippen molar-refractivity contribution >= 4 is 11.6 Å². The number of benzene rings is 1. The smallest absolute Gasteiger partial charge is 0.411 e. The van der Waals surface area contributed by atoms with Gasteiger partial charge in [0.2, 0.25) is 5.91 Å². The van der Waals surface area contributed by atoms with Crippen molar-refractivity contribution in [1.82, 2.24) is 9.80 Å². The number of alkyl halides is 3. The molecular formula is C19H28F3N3O3. The maximum absolute atomic E-state index is 12.3. The van der Waals surface area contributed by atoms with Gasteiger partial charge < -0.3 is 19.7 Å². The molecular weight excluding hydrogens is 375 g/mol. The Morgan fingerprint density at radius 3 is 2.50 bits per heavy atom. The van der Waals surface area contributed by atoms with Gasteiger partial charge in [-0.2, -0.15) is 13.2 Å². The molecule has 0 unspecified atom stereocenters. The molecule has 28 heavy (non-hydrogen) atoms. The summed E-state index contributed by atoms with van der Waals surface area (Å²) in [6, 6.07) is 7.32. The van der Waals surface area contributed by atoms with E-state index in [2.05, 4.69) is 19.9 Å². The molecule has 1 heterocycles. The van der Waals surface area contributed by atoms with Crippen molar-refractivity contribution in [2.75, 3.05) is 64.4 Å². The number of carbonyl (C=O) groups is 1. The zero-order valence-corrected chi connectivity index (χ0v) is 16.1. The highest BCUT2D eigenvalue weighted by atomic mass is 19.4. The molecule has 0 spiro atoms. The lowest BCUT2D eigenvalue weighted by atomic mass is 10.2. The topological polar surface area (TPSA) is 54.0 Å². The summed E-state index contributed by atoms with van der Waals surface area (Å²) >= 11 is 0. The minimum Gasteiger partial charge on any atom is -0.492 e. The molecule has 9 heteroatoms. The summed E-state index contributed by atoms with van der Waals surface area (Å²) in [6.45, 7) is 5.35. The molecule has 1 amide bonds. The van der Waals surface area contributed by atoms with Gasteiger partial charge in [0.1, 0.15) is 12.4 Å². The van der Waals surface area contributed by atoms with Gasteiger partial charge in [-0.1, -0.05) is 12.1 Å². The lowest BCUT2D eigenvalue weighted by Crippen LogP contribution is -2.48. The van der Waals surface area contributed by atoms with Crippen LogP contribution in [-0.2, 0) is 9.53 Å². The van der Waals surface area contributed by atoms with Gasteiger partial charge in [0, 0.05) is 39.3 Å². The number of halogens is 3. The van der Waals surface area contributed by atoms with E-state index in [4.69, 9.17) is 4.74 Å². The van der Waals surface area contributed by atoms with Crippen LogP contribution >= 0.6 is 0 Å². The van der Waals surface area contributed by atoms with E-state index in [1.165, 1.54) is 0 Å². The number of carbonyl (C=O) groups excluding carboxylic acids is 1. The normalized spacial score (nSPS) is 16.1. The highest BCUT2D eigenvalue weighted by Gasteiger charge is 2.27. The fourth-order valence-electron chi connectivity index (χ4n) is 2.99. The van der Waals surface area contributed by atoms with Crippen LogP contribution in [0, 0.1) is 0 Å². The average Bonchev–Trinajstić information content (AvgIpc) is 2.64. The van der Waals surface area contributed by atoms with Crippen LogP contribution in [0.2, 0.25) is 0 Å². The van der Waals surface area contributed by atoms with Crippen LogP contribution in [0.1, 0.15) is 13.3 Å². The molecule has 0 atom stereocenters. The Labute approximate surface area is 163 Å². The summed E-state index contributed by atoms with van der Waals surface area (Å²) in [6.07, 6.45) is -3.71. The van der Waals surface area contributed by atoms with Crippen LogP contribution in [-0.4, -0.2) is 81.0 Å². The first-order valence-corrected chi connectivity index (χ1v) is 9.48. The number of hydrogen-bond acceptors (Lipinski definition) is 5. The quantitative estimate of drug-likeness (QED) is 0.609. The van der Waals surface area contributed by atoms with Gasteiger partial charge in [0.15, 0.2) is 0 Å². The van der Waals surface area contributed by atoms with Crippen molar-refractivity contribution in [3.05, 3.63) is 24.3 Å². The Balaban J connectivity index is 1.64. The molecule has 0 radical (unpaired) electrons. The van der Waals surface area contributed by atoms with Crippen molar-refractivity contribution in [1.29, 1.82) is 0 Å². The third-order valence-corrected chi connectivity index (χ3v) is 4.32. The Bertz CT molecular complexity index is 606. The van der Waals surface area contributed by atoms with Gasteiger partial charge in [0.05, 0.1) is 18.8 Å². The molecule has 1 aromatic carbocycles. The molecule has 1 aliphatic heterocycles. The molecule has 1 saturated heterocycles. The van der Waals surface area contributed by atoms with E-state index < -0.39 is 12.8 Å². The third-order valence-electron chi connectivity index (χ3n) is 4.32. The molecule has 6 nitrogen and oxygen atoms in total. The lowest BCUT2D eigenvalue weighted by Gasteiger charge is -2.34. The maximum Gasteiger partial charge on any atom is 0.411 e. The van der Waals surface area contributed by atoms with Gasteiger partial charge in [-0.3, -0.25) is 9.69 Å². The first kappa shape index (κ1) is 22.4. The highest BCUT2D eigenvalue weighted by molar-refractivity contribution is 5.93. The Morgan fingerprint density at radius 1 is 1.14 bits per heavy atom. The van der Waals surface area contributed by atoms with Crippen molar-refractivity contribution in [3.8, 4) is 5.75 Å². The molecule has 0 bridgehead atoms. The lowest BCUT2D eigenvalue weighted by molar-refractivity contribution is -0.174. The highest BCUT2D eigenvalue weighted by Crippen LogP contribution is 2.23. The maximum atomic E-state index is 12.3. The third kappa shape index (κ3) is 8.45. The standard InChI is InChI=1S/C19H28F3N3O3/c1-2-28-17-7-4-3-6-16(17)23-18(26)14-25-11-9-24(10-12-25)8-5-13-27-15-19(20,21)22/h3-4,6-7H,2,5,8-15H2,1H3,(H,23,26). The number of amides is 1. The first-order valence-electron chi connectivity index (χ1n) is 9.48. The number of piperazine rings is 1. The van der Waals surface area contributed by atoms with E-state index >= 15 is 0 Å². The van der Waals surface area contributed by atoms with E-state index in [9.17, 15) is 18.0 Å².